The van der Waals surface area contributed by atoms with Crippen LogP contribution in [0.1, 0.15) is 17.0 Å². The number of thioether (sulfide) groups is 2. The number of nitrogens with zero attached hydrogens (tertiary/aromatic N) is 3. The molecule has 9 heteroatoms. The highest BCUT2D eigenvalue weighted by atomic mass is 79.9. The fourth-order valence-corrected chi connectivity index (χ4v) is 4.43. The van der Waals surface area contributed by atoms with Crippen LogP contribution in [0.5, 0.6) is 0 Å². The normalized spacial score (nSPS) is 10.9. The first-order chi connectivity index (χ1) is 13.9. The number of hydrogen-bond donors (Lipinski definition) is 1. The molecule has 152 valence electrons. The first-order valence-electron chi connectivity index (χ1n) is 8.81. The Kier molecular flexibility index (Phi) is 7.74. The Morgan fingerprint density at radius 1 is 1.17 bits per heavy atom. The molecule has 1 aromatic heterocycles. The summed E-state index contributed by atoms with van der Waals surface area (Å²) in [7, 11) is 1.89. The smallest absolute Gasteiger partial charge is 0.234 e. The van der Waals surface area contributed by atoms with Crippen LogP contribution in [0.3, 0.4) is 0 Å². The standard InChI is InChI=1S/C20H20BrFN4OS2/c1-13-9-16(7-8-17(13)21)23-19(27)12-29-20-25-24-18(26(20)2)11-28-10-14-3-5-15(22)6-4-14/h3-9H,10-12H2,1-2H3,(H,23,27). The van der Waals surface area contributed by atoms with E-state index >= 15 is 0 Å². The van der Waals surface area contributed by atoms with Gasteiger partial charge >= 0.3 is 0 Å². The van der Waals surface area contributed by atoms with Gasteiger partial charge in [-0.2, -0.15) is 0 Å². The van der Waals surface area contributed by atoms with Crippen molar-refractivity contribution in [3.05, 3.63) is 69.7 Å². The van der Waals surface area contributed by atoms with E-state index in [1.807, 2.05) is 36.7 Å². The van der Waals surface area contributed by atoms with Gasteiger partial charge in [0.15, 0.2) is 5.16 Å². The summed E-state index contributed by atoms with van der Waals surface area (Å²) in [4.78, 5) is 12.2. The third kappa shape index (κ3) is 6.32. The molecule has 0 fully saturated rings. The molecule has 1 heterocycles. The molecule has 0 aliphatic rings. The summed E-state index contributed by atoms with van der Waals surface area (Å²) in [5.74, 6) is 2.23. The second-order valence-electron chi connectivity index (χ2n) is 6.38. The molecule has 0 spiro atoms. The number of carbonyl (C=O) groups is 1. The number of aromatic nitrogens is 3. The van der Waals surface area contributed by atoms with Gasteiger partial charge in [0.25, 0.3) is 0 Å². The summed E-state index contributed by atoms with van der Waals surface area (Å²) in [6, 6.07) is 12.2. The molecule has 0 unspecified atom stereocenters. The van der Waals surface area contributed by atoms with Gasteiger partial charge < -0.3 is 9.88 Å². The summed E-state index contributed by atoms with van der Waals surface area (Å²) >= 11 is 6.48. The predicted molar refractivity (Wildman–Crippen MR) is 121 cm³/mol. The zero-order valence-electron chi connectivity index (χ0n) is 16.0. The van der Waals surface area contributed by atoms with E-state index in [1.54, 1.807) is 23.9 Å². The average Bonchev–Trinajstić information content (AvgIpc) is 3.04. The molecular weight excluding hydrogens is 475 g/mol. The summed E-state index contributed by atoms with van der Waals surface area (Å²) < 4.78 is 15.9. The van der Waals surface area contributed by atoms with Crippen molar-refractivity contribution in [2.24, 2.45) is 7.05 Å². The molecule has 3 aromatic rings. The van der Waals surface area contributed by atoms with Gasteiger partial charge in [-0.15, -0.1) is 22.0 Å². The van der Waals surface area contributed by atoms with E-state index in [1.165, 1.54) is 23.9 Å². The van der Waals surface area contributed by atoms with E-state index in [4.69, 9.17) is 0 Å². The van der Waals surface area contributed by atoms with Crippen molar-refractivity contribution in [3.8, 4) is 0 Å². The van der Waals surface area contributed by atoms with Crippen LogP contribution in [0.2, 0.25) is 0 Å². The van der Waals surface area contributed by atoms with E-state index in [9.17, 15) is 9.18 Å². The quantitative estimate of drug-likeness (QED) is 0.436. The largest absolute Gasteiger partial charge is 0.325 e. The number of anilines is 1. The SMILES string of the molecule is Cc1cc(NC(=O)CSc2nnc(CSCc3ccc(F)cc3)n2C)ccc1Br. The topological polar surface area (TPSA) is 59.8 Å². The lowest BCUT2D eigenvalue weighted by molar-refractivity contribution is -0.113. The highest BCUT2D eigenvalue weighted by molar-refractivity contribution is 9.10. The Hall–Kier alpha value is -1.84. The van der Waals surface area contributed by atoms with Gasteiger partial charge in [-0.05, 0) is 48.4 Å². The van der Waals surface area contributed by atoms with Crippen LogP contribution in [0.4, 0.5) is 10.1 Å². The summed E-state index contributed by atoms with van der Waals surface area (Å²) in [6.07, 6.45) is 0. The molecular formula is C20H20BrFN4OS2. The Labute approximate surface area is 186 Å². The second-order valence-corrected chi connectivity index (χ2v) is 9.16. The van der Waals surface area contributed by atoms with Gasteiger partial charge in [-0.3, -0.25) is 4.79 Å². The van der Waals surface area contributed by atoms with E-state index in [-0.39, 0.29) is 17.5 Å². The molecule has 0 bridgehead atoms. The van der Waals surface area contributed by atoms with Gasteiger partial charge in [0, 0.05) is 23.0 Å². The maximum absolute atomic E-state index is 13.0. The van der Waals surface area contributed by atoms with Crippen LogP contribution < -0.4 is 5.32 Å². The number of carbonyl (C=O) groups excluding carboxylic acids is 1. The second kappa shape index (κ2) is 10.3. The van der Waals surface area contributed by atoms with Gasteiger partial charge in [0.1, 0.15) is 11.6 Å². The van der Waals surface area contributed by atoms with Gasteiger partial charge in [0.2, 0.25) is 5.91 Å². The minimum absolute atomic E-state index is 0.0908. The Balaban J connectivity index is 1.47. The summed E-state index contributed by atoms with van der Waals surface area (Å²) in [5, 5.41) is 12.0. The summed E-state index contributed by atoms with van der Waals surface area (Å²) in [6.45, 7) is 1.98. The molecule has 5 nitrogen and oxygen atoms in total. The van der Waals surface area contributed by atoms with Crippen molar-refractivity contribution in [3.63, 3.8) is 0 Å². The highest BCUT2D eigenvalue weighted by Crippen LogP contribution is 2.22. The van der Waals surface area contributed by atoms with Crippen LogP contribution in [-0.2, 0) is 23.3 Å². The van der Waals surface area contributed by atoms with Crippen LogP contribution in [0, 0.1) is 12.7 Å². The highest BCUT2D eigenvalue weighted by Gasteiger charge is 2.12. The monoisotopic (exact) mass is 494 g/mol. The van der Waals surface area contributed by atoms with Gasteiger partial charge in [-0.25, -0.2) is 4.39 Å². The number of amides is 1. The number of benzene rings is 2. The van der Waals surface area contributed by atoms with Crippen molar-refractivity contribution in [2.75, 3.05) is 11.1 Å². The van der Waals surface area contributed by atoms with Crippen LogP contribution in [0.25, 0.3) is 0 Å². The molecule has 0 radical (unpaired) electrons. The van der Waals surface area contributed by atoms with E-state index in [2.05, 4.69) is 31.4 Å². The minimum atomic E-state index is -0.229. The molecule has 0 atom stereocenters. The number of hydrogen-bond acceptors (Lipinski definition) is 5. The lowest BCUT2D eigenvalue weighted by atomic mass is 10.2. The molecule has 29 heavy (non-hydrogen) atoms. The van der Waals surface area contributed by atoms with Crippen LogP contribution in [0.15, 0.2) is 52.1 Å². The first kappa shape index (κ1) is 21.9. The lowest BCUT2D eigenvalue weighted by Gasteiger charge is -2.07. The van der Waals surface area contributed by atoms with Crippen LogP contribution >= 0.6 is 39.5 Å². The summed E-state index contributed by atoms with van der Waals surface area (Å²) in [5.41, 5.74) is 2.90. The minimum Gasteiger partial charge on any atom is -0.325 e. The molecule has 3 rings (SSSR count). The molecule has 0 aliphatic carbocycles. The van der Waals surface area contributed by atoms with Gasteiger partial charge in [-0.1, -0.05) is 39.8 Å². The molecule has 2 aromatic carbocycles. The zero-order valence-corrected chi connectivity index (χ0v) is 19.2. The molecule has 0 saturated heterocycles. The maximum Gasteiger partial charge on any atom is 0.234 e. The third-order valence-corrected chi connectivity index (χ3v) is 7.02. The molecule has 1 amide bonds. The van der Waals surface area contributed by atoms with Gasteiger partial charge in [0.05, 0.1) is 11.5 Å². The Bertz CT molecular complexity index is 995. The zero-order chi connectivity index (χ0) is 20.8. The number of rotatable bonds is 8. The van der Waals surface area contributed by atoms with Crippen molar-refractivity contribution in [2.45, 2.75) is 23.6 Å². The van der Waals surface area contributed by atoms with E-state index < -0.39 is 0 Å². The molecule has 0 saturated carbocycles. The van der Waals surface area contributed by atoms with Crippen LogP contribution in [-0.4, -0.2) is 26.4 Å². The van der Waals surface area contributed by atoms with Crippen molar-refractivity contribution >= 4 is 51.0 Å². The number of halogens is 2. The lowest BCUT2D eigenvalue weighted by Crippen LogP contribution is -2.14. The first-order valence-corrected chi connectivity index (χ1v) is 11.7. The van der Waals surface area contributed by atoms with Crippen molar-refractivity contribution in [1.29, 1.82) is 0 Å². The number of nitrogens with one attached hydrogen (secondary N) is 1. The predicted octanol–water partition coefficient (Wildman–Crippen LogP) is 5.19. The Morgan fingerprint density at radius 3 is 2.66 bits per heavy atom. The van der Waals surface area contributed by atoms with Crippen molar-refractivity contribution < 1.29 is 9.18 Å². The third-order valence-electron chi connectivity index (χ3n) is 4.11. The molecule has 0 aliphatic heterocycles. The Morgan fingerprint density at radius 2 is 1.93 bits per heavy atom. The maximum atomic E-state index is 13.0. The van der Waals surface area contributed by atoms with Crippen molar-refractivity contribution in [1.82, 2.24) is 14.8 Å². The fraction of sp³-hybridized carbons (Fsp3) is 0.250. The number of aryl methyl sites for hydroxylation is 1. The fourth-order valence-electron chi connectivity index (χ4n) is 2.49. The van der Waals surface area contributed by atoms with E-state index in [0.717, 1.165) is 32.9 Å². The average molecular weight is 495 g/mol. The molecule has 1 N–H and O–H groups in total. The van der Waals surface area contributed by atoms with E-state index in [0.29, 0.717) is 10.9 Å².